The number of rotatable bonds is 10. The van der Waals surface area contributed by atoms with Crippen molar-refractivity contribution in [3.63, 3.8) is 0 Å². The fourth-order valence-corrected chi connectivity index (χ4v) is 5.09. The molecule has 2 rings (SSSR count). The number of hydrogen-bond donors (Lipinski definition) is 4. The summed E-state index contributed by atoms with van der Waals surface area (Å²) < 4.78 is 2.54. The Labute approximate surface area is 224 Å². The summed E-state index contributed by atoms with van der Waals surface area (Å²) in [5, 5.41) is 27.6. The Hall–Kier alpha value is -1.76. The van der Waals surface area contributed by atoms with E-state index in [1.165, 1.54) is 12.4 Å². The van der Waals surface area contributed by atoms with Gasteiger partial charge in [0.1, 0.15) is 11.5 Å². The molecular formula is C21H20Br4N4O4. The topological polar surface area (TPSA) is 123 Å². The summed E-state index contributed by atoms with van der Waals surface area (Å²) in [5.74, 6) is -0.456. The summed E-state index contributed by atoms with van der Waals surface area (Å²) in [7, 11) is 0. The number of amides is 2. The summed E-state index contributed by atoms with van der Waals surface area (Å²) in [6.07, 6.45) is 5.15. The van der Waals surface area contributed by atoms with Gasteiger partial charge in [-0.05, 0) is 69.0 Å². The minimum atomic E-state index is -0.256. The summed E-state index contributed by atoms with van der Waals surface area (Å²) in [6.45, 7) is 0. The van der Waals surface area contributed by atoms with Crippen LogP contribution in [-0.4, -0.2) is 34.5 Å². The third-order valence-electron chi connectivity index (χ3n) is 4.21. The van der Waals surface area contributed by atoms with Crippen LogP contribution in [0.4, 0.5) is 0 Å². The Bertz CT molecular complexity index is 993. The second kappa shape index (κ2) is 13.8. The number of carbonyl (C=O) groups is 2. The molecule has 33 heavy (non-hydrogen) atoms. The highest BCUT2D eigenvalue weighted by atomic mass is 79.9. The SMILES string of the molecule is O=C(CCCCCC(=O)N/N=C/c1cc(Br)cc(Br)c1O)N/N=C/c1cc(Br)cc(Br)c1O. The van der Waals surface area contributed by atoms with Crippen molar-refractivity contribution in [3.05, 3.63) is 53.3 Å². The first-order valence-corrected chi connectivity index (χ1v) is 12.8. The van der Waals surface area contributed by atoms with Crippen LogP contribution in [0.15, 0.2) is 52.4 Å². The van der Waals surface area contributed by atoms with E-state index in [9.17, 15) is 19.8 Å². The van der Waals surface area contributed by atoms with Crippen molar-refractivity contribution in [2.24, 2.45) is 10.2 Å². The minimum Gasteiger partial charge on any atom is -0.506 e. The normalized spacial score (nSPS) is 11.3. The first kappa shape index (κ1) is 27.5. The molecule has 0 radical (unpaired) electrons. The number of phenols is 2. The first-order chi connectivity index (χ1) is 15.7. The van der Waals surface area contributed by atoms with Crippen molar-refractivity contribution >= 4 is 88.0 Å². The molecule has 0 unspecified atom stereocenters. The fourth-order valence-electron chi connectivity index (χ4n) is 2.58. The Kier molecular flexibility index (Phi) is 11.5. The highest BCUT2D eigenvalue weighted by Crippen LogP contribution is 2.31. The molecule has 0 spiro atoms. The number of unbranched alkanes of at least 4 members (excludes halogenated alkanes) is 2. The van der Waals surface area contributed by atoms with E-state index in [1.54, 1.807) is 24.3 Å². The van der Waals surface area contributed by atoms with Gasteiger partial charge in [0.15, 0.2) is 0 Å². The maximum Gasteiger partial charge on any atom is 0.240 e. The number of aromatic hydroxyl groups is 2. The van der Waals surface area contributed by atoms with Crippen LogP contribution < -0.4 is 10.9 Å². The molecule has 0 saturated carbocycles. The van der Waals surface area contributed by atoms with Crippen molar-refractivity contribution < 1.29 is 19.8 Å². The van der Waals surface area contributed by atoms with Gasteiger partial charge in [0.25, 0.3) is 0 Å². The van der Waals surface area contributed by atoms with E-state index in [-0.39, 0.29) is 36.2 Å². The van der Waals surface area contributed by atoms with Crippen molar-refractivity contribution in [1.29, 1.82) is 0 Å². The van der Waals surface area contributed by atoms with Gasteiger partial charge in [-0.1, -0.05) is 38.3 Å². The molecule has 12 heteroatoms. The minimum absolute atomic E-state index is 0.0279. The molecule has 0 saturated heterocycles. The Morgan fingerprint density at radius 1 is 0.727 bits per heavy atom. The van der Waals surface area contributed by atoms with Gasteiger partial charge >= 0.3 is 0 Å². The van der Waals surface area contributed by atoms with Gasteiger partial charge in [0.05, 0.1) is 21.4 Å². The average molecular weight is 712 g/mol. The molecule has 0 heterocycles. The monoisotopic (exact) mass is 708 g/mol. The van der Waals surface area contributed by atoms with Crippen LogP contribution >= 0.6 is 63.7 Å². The van der Waals surface area contributed by atoms with E-state index in [1.807, 2.05) is 0 Å². The molecule has 2 aromatic rings. The van der Waals surface area contributed by atoms with Gasteiger partial charge in [0, 0.05) is 32.9 Å². The highest BCUT2D eigenvalue weighted by molar-refractivity contribution is 9.11. The van der Waals surface area contributed by atoms with E-state index in [4.69, 9.17) is 0 Å². The largest absolute Gasteiger partial charge is 0.506 e. The number of hydrogen-bond acceptors (Lipinski definition) is 6. The lowest BCUT2D eigenvalue weighted by molar-refractivity contribution is -0.121. The molecule has 0 aliphatic rings. The lowest BCUT2D eigenvalue weighted by atomic mass is 10.1. The molecule has 2 aromatic carbocycles. The van der Waals surface area contributed by atoms with Gasteiger partial charge in [-0.15, -0.1) is 0 Å². The number of carbonyl (C=O) groups excluding carboxylic acids is 2. The number of halogens is 4. The zero-order valence-corrected chi connectivity index (χ0v) is 23.5. The second-order valence-corrected chi connectivity index (χ2v) is 10.3. The highest BCUT2D eigenvalue weighted by Gasteiger charge is 2.07. The quantitative estimate of drug-likeness (QED) is 0.144. The van der Waals surface area contributed by atoms with Crippen molar-refractivity contribution in [2.45, 2.75) is 32.1 Å². The van der Waals surface area contributed by atoms with Crippen LogP contribution in [0.3, 0.4) is 0 Å². The van der Waals surface area contributed by atoms with Crippen LogP contribution in [0.5, 0.6) is 11.5 Å². The molecular weight excluding hydrogens is 692 g/mol. The lowest BCUT2D eigenvalue weighted by Crippen LogP contribution is -2.18. The zero-order chi connectivity index (χ0) is 24.4. The number of phenolic OH excluding ortho intramolecular Hbond substituents is 2. The lowest BCUT2D eigenvalue weighted by Gasteiger charge is -2.04. The van der Waals surface area contributed by atoms with E-state index >= 15 is 0 Å². The zero-order valence-electron chi connectivity index (χ0n) is 17.1. The van der Waals surface area contributed by atoms with Gasteiger partial charge in [-0.3, -0.25) is 9.59 Å². The summed E-state index contributed by atoms with van der Waals surface area (Å²) in [5.41, 5.74) is 5.74. The standard InChI is InChI=1S/C21H20Br4N4O4/c22-14-6-12(20(32)16(24)8-14)10-26-28-18(30)4-2-1-3-5-19(31)29-27-11-13-7-15(23)9-17(25)21(13)33/h6-11,32-33H,1-5H2,(H,28,30)(H,29,31)/b26-10+,27-11+. The predicted molar refractivity (Wildman–Crippen MR) is 142 cm³/mol. The number of nitrogens with one attached hydrogen (secondary N) is 2. The van der Waals surface area contributed by atoms with Crippen molar-refractivity contribution in [2.75, 3.05) is 0 Å². The second-order valence-electron chi connectivity index (χ2n) is 6.80. The van der Waals surface area contributed by atoms with E-state index in [2.05, 4.69) is 84.8 Å². The predicted octanol–water partition coefficient (Wildman–Crippen LogP) is 5.70. The third-order valence-corrected chi connectivity index (χ3v) is 6.33. The van der Waals surface area contributed by atoms with Crippen LogP contribution in [0.1, 0.15) is 43.2 Å². The van der Waals surface area contributed by atoms with Gasteiger partial charge in [0.2, 0.25) is 11.8 Å². The first-order valence-electron chi connectivity index (χ1n) is 9.67. The average Bonchev–Trinajstić information content (AvgIpc) is 2.74. The van der Waals surface area contributed by atoms with Crippen LogP contribution in [-0.2, 0) is 9.59 Å². The Morgan fingerprint density at radius 3 is 1.52 bits per heavy atom. The molecule has 176 valence electrons. The molecule has 4 N–H and O–H groups in total. The van der Waals surface area contributed by atoms with E-state index in [0.717, 1.165) is 8.95 Å². The molecule has 2 amide bonds. The van der Waals surface area contributed by atoms with Crippen molar-refractivity contribution in [1.82, 2.24) is 10.9 Å². The third kappa shape index (κ3) is 9.55. The Balaban J connectivity index is 1.64. The van der Waals surface area contributed by atoms with E-state index in [0.29, 0.717) is 39.3 Å². The van der Waals surface area contributed by atoms with Crippen LogP contribution in [0.2, 0.25) is 0 Å². The van der Waals surface area contributed by atoms with Gasteiger partial charge in [-0.2, -0.15) is 10.2 Å². The molecule has 0 aliphatic heterocycles. The maximum atomic E-state index is 11.9. The van der Waals surface area contributed by atoms with Crippen molar-refractivity contribution in [3.8, 4) is 11.5 Å². The summed E-state index contributed by atoms with van der Waals surface area (Å²) in [4.78, 5) is 23.7. The molecule has 0 aliphatic carbocycles. The van der Waals surface area contributed by atoms with Gasteiger partial charge in [-0.25, -0.2) is 10.9 Å². The smallest absolute Gasteiger partial charge is 0.240 e. The Morgan fingerprint density at radius 2 is 1.12 bits per heavy atom. The molecule has 0 aromatic heterocycles. The number of nitrogens with zero attached hydrogens (tertiary/aromatic N) is 2. The summed E-state index contributed by atoms with van der Waals surface area (Å²) >= 11 is 13.1. The molecule has 8 nitrogen and oxygen atoms in total. The van der Waals surface area contributed by atoms with Crippen LogP contribution in [0, 0.1) is 0 Å². The van der Waals surface area contributed by atoms with E-state index < -0.39 is 0 Å². The van der Waals surface area contributed by atoms with Gasteiger partial charge < -0.3 is 10.2 Å². The maximum absolute atomic E-state index is 11.9. The molecule has 0 bridgehead atoms. The number of hydrazone groups is 2. The molecule has 0 fully saturated rings. The summed E-state index contributed by atoms with van der Waals surface area (Å²) in [6, 6.07) is 6.74. The van der Waals surface area contributed by atoms with Crippen LogP contribution in [0.25, 0.3) is 0 Å². The molecule has 0 atom stereocenters. The fraction of sp³-hybridized carbons (Fsp3) is 0.238. The number of benzene rings is 2.